The van der Waals surface area contributed by atoms with Crippen LogP contribution in [0.4, 0.5) is 0 Å². The molecule has 0 amide bonds. The van der Waals surface area contributed by atoms with Crippen molar-refractivity contribution in [3.05, 3.63) is 29.3 Å². The van der Waals surface area contributed by atoms with Gasteiger partial charge in [-0.15, -0.1) is 0 Å². The molecule has 0 radical (unpaired) electrons. The number of morpholine rings is 1. The molecule has 4 nitrogen and oxygen atoms in total. The maximum atomic E-state index is 11.4. The third-order valence-electron chi connectivity index (χ3n) is 4.00. The summed E-state index contributed by atoms with van der Waals surface area (Å²) in [5.41, 5.74) is 1.48. The molecular weight excluding hydrogens is 242 g/mol. The number of hydrogen-bond donors (Lipinski definition) is 1. The zero-order chi connectivity index (χ0) is 13.4. The van der Waals surface area contributed by atoms with Crippen molar-refractivity contribution < 1.29 is 14.6 Å². The van der Waals surface area contributed by atoms with Crippen molar-refractivity contribution in [2.45, 2.75) is 38.5 Å². The van der Waals surface area contributed by atoms with E-state index in [1.165, 1.54) is 0 Å². The number of ketones is 1. The minimum Gasteiger partial charge on any atom is -0.508 e. The smallest absolute Gasteiger partial charge is 0.159 e. The molecule has 2 heterocycles. The number of Topliss-reactive ketones (excluding diaryl/α,β-unsaturated/α-hetero) is 1. The van der Waals surface area contributed by atoms with Gasteiger partial charge in [-0.05, 0) is 38.0 Å². The van der Waals surface area contributed by atoms with E-state index in [1.807, 2.05) is 0 Å². The van der Waals surface area contributed by atoms with Crippen LogP contribution in [-0.4, -0.2) is 41.1 Å². The highest BCUT2D eigenvalue weighted by molar-refractivity contribution is 5.94. The van der Waals surface area contributed by atoms with Gasteiger partial charge in [0.2, 0.25) is 0 Å². The van der Waals surface area contributed by atoms with E-state index >= 15 is 0 Å². The van der Waals surface area contributed by atoms with Gasteiger partial charge in [0, 0.05) is 30.8 Å². The lowest BCUT2D eigenvalue weighted by atomic mass is 10.1. The molecule has 19 heavy (non-hydrogen) atoms. The lowest BCUT2D eigenvalue weighted by Gasteiger charge is -2.32. The highest BCUT2D eigenvalue weighted by Crippen LogP contribution is 2.28. The summed E-state index contributed by atoms with van der Waals surface area (Å²) in [6.45, 7) is 4.06. The number of aromatic hydroxyl groups is 1. The number of nitrogens with zero attached hydrogens (tertiary/aromatic N) is 1. The number of hydrogen-bond acceptors (Lipinski definition) is 4. The van der Waals surface area contributed by atoms with Gasteiger partial charge in [-0.2, -0.15) is 0 Å². The van der Waals surface area contributed by atoms with Crippen molar-refractivity contribution in [1.29, 1.82) is 0 Å². The topological polar surface area (TPSA) is 49.8 Å². The van der Waals surface area contributed by atoms with E-state index in [0.29, 0.717) is 24.3 Å². The van der Waals surface area contributed by atoms with E-state index in [9.17, 15) is 9.90 Å². The molecule has 0 spiro atoms. The summed E-state index contributed by atoms with van der Waals surface area (Å²) in [7, 11) is 0. The minimum atomic E-state index is 0.0308. The van der Waals surface area contributed by atoms with Crippen LogP contribution in [-0.2, 0) is 11.3 Å². The Morgan fingerprint density at radius 1 is 1.37 bits per heavy atom. The van der Waals surface area contributed by atoms with E-state index in [-0.39, 0.29) is 11.5 Å². The Hall–Kier alpha value is -1.39. The molecule has 2 atom stereocenters. The maximum absolute atomic E-state index is 11.4. The van der Waals surface area contributed by atoms with Crippen LogP contribution < -0.4 is 0 Å². The van der Waals surface area contributed by atoms with Crippen molar-refractivity contribution in [3.63, 3.8) is 0 Å². The molecule has 2 aliphatic rings. The molecule has 2 unspecified atom stereocenters. The fraction of sp³-hybridized carbons (Fsp3) is 0.533. The quantitative estimate of drug-likeness (QED) is 0.845. The fourth-order valence-corrected chi connectivity index (χ4v) is 3.00. The zero-order valence-corrected chi connectivity index (χ0v) is 11.1. The second kappa shape index (κ2) is 4.94. The SMILES string of the molecule is CC(=O)c1ccc(O)c(CN2CC3CCC(C2)O3)c1. The highest BCUT2D eigenvalue weighted by atomic mass is 16.5. The zero-order valence-electron chi connectivity index (χ0n) is 11.1. The summed E-state index contributed by atoms with van der Waals surface area (Å²) in [6.07, 6.45) is 2.97. The van der Waals surface area contributed by atoms with Crippen LogP contribution in [0.1, 0.15) is 35.7 Å². The predicted molar refractivity (Wildman–Crippen MR) is 71.3 cm³/mol. The van der Waals surface area contributed by atoms with E-state index in [4.69, 9.17) is 4.74 Å². The summed E-state index contributed by atoms with van der Waals surface area (Å²) in [6, 6.07) is 5.08. The number of carbonyl (C=O) groups is 1. The van der Waals surface area contributed by atoms with Gasteiger partial charge in [0.15, 0.2) is 5.78 Å². The van der Waals surface area contributed by atoms with Crippen LogP contribution in [0.25, 0.3) is 0 Å². The van der Waals surface area contributed by atoms with Crippen LogP contribution in [0.2, 0.25) is 0 Å². The maximum Gasteiger partial charge on any atom is 0.159 e. The Bertz CT molecular complexity index is 488. The van der Waals surface area contributed by atoms with Crippen molar-refractivity contribution in [2.24, 2.45) is 0 Å². The predicted octanol–water partition coefficient (Wildman–Crippen LogP) is 1.96. The van der Waals surface area contributed by atoms with Gasteiger partial charge in [0.25, 0.3) is 0 Å². The van der Waals surface area contributed by atoms with E-state index < -0.39 is 0 Å². The van der Waals surface area contributed by atoms with Gasteiger partial charge >= 0.3 is 0 Å². The molecule has 3 rings (SSSR count). The van der Waals surface area contributed by atoms with Crippen LogP contribution in [0.3, 0.4) is 0 Å². The van der Waals surface area contributed by atoms with E-state index in [1.54, 1.807) is 25.1 Å². The first-order valence-electron chi connectivity index (χ1n) is 6.82. The molecule has 1 N–H and O–H groups in total. The monoisotopic (exact) mass is 261 g/mol. The number of phenolic OH excluding ortho intramolecular Hbond substituents is 1. The summed E-state index contributed by atoms with van der Waals surface area (Å²) in [4.78, 5) is 13.7. The third kappa shape index (κ3) is 2.65. The number of fused-ring (bicyclic) bond motifs is 2. The number of likely N-dealkylation sites (tertiary alicyclic amines) is 1. The Morgan fingerprint density at radius 3 is 2.68 bits per heavy atom. The van der Waals surface area contributed by atoms with Crippen LogP contribution in [0.5, 0.6) is 5.75 Å². The Morgan fingerprint density at radius 2 is 2.05 bits per heavy atom. The molecule has 1 aromatic rings. The first-order valence-corrected chi connectivity index (χ1v) is 6.82. The Kier molecular flexibility index (Phi) is 3.29. The summed E-state index contributed by atoms with van der Waals surface area (Å²) in [5.74, 6) is 0.298. The van der Waals surface area contributed by atoms with Crippen molar-refractivity contribution in [2.75, 3.05) is 13.1 Å². The normalized spacial score (nSPS) is 26.6. The number of ether oxygens (including phenoxy) is 1. The van der Waals surface area contributed by atoms with E-state index in [0.717, 1.165) is 31.5 Å². The molecule has 0 aliphatic carbocycles. The summed E-state index contributed by atoms with van der Waals surface area (Å²) < 4.78 is 5.80. The molecule has 2 aliphatic heterocycles. The van der Waals surface area contributed by atoms with Crippen molar-refractivity contribution in [3.8, 4) is 5.75 Å². The Labute approximate surface area is 113 Å². The van der Waals surface area contributed by atoms with E-state index in [2.05, 4.69) is 4.90 Å². The first-order chi connectivity index (χ1) is 9.11. The standard InChI is InChI=1S/C15H19NO3/c1-10(17)11-2-5-15(18)12(6-11)7-16-8-13-3-4-14(9-16)19-13/h2,5-6,13-14,18H,3-4,7-9H2,1H3. The summed E-state index contributed by atoms with van der Waals surface area (Å²) >= 11 is 0. The first kappa shape index (κ1) is 12.6. The van der Waals surface area contributed by atoms with Gasteiger partial charge in [-0.25, -0.2) is 0 Å². The molecule has 2 saturated heterocycles. The molecular formula is C15H19NO3. The van der Waals surface area contributed by atoms with Gasteiger partial charge in [-0.3, -0.25) is 9.69 Å². The van der Waals surface area contributed by atoms with Crippen LogP contribution in [0.15, 0.2) is 18.2 Å². The molecule has 0 aromatic heterocycles. The van der Waals surface area contributed by atoms with Crippen molar-refractivity contribution in [1.82, 2.24) is 4.90 Å². The number of rotatable bonds is 3. The molecule has 102 valence electrons. The molecule has 2 fully saturated rings. The molecule has 2 bridgehead atoms. The van der Waals surface area contributed by atoms with Gasteiger partial charge < -0.3 is 9.84 Å². The second-order valence-electron chi connectivity index (χ2n) is 5.55. The van der Waals surface area contributed by atoms with Gasteiger partial charge in [0.1, 0.15) is 5.75 Å². The average molecular weight is 261 g/mol. The van der Waals surface area contributed by atoms with Crippen LogP contribution >= 0.6 is 0 Å². The fourth-order valence-electron chi connectivity index (χ4n) is 3.00. The van der Waals surface area contributed by atoms with Gasteiger partial charge in [0.05, 0.1) is 12.2 Å². The molecule has 0 saturated carbocycles. The van der Waals surface area contributed by atoms with Gasteiger partial charge in [-0.1, -0.05) is 0 Å². The molecule has 1 aromatic carbocycles. The summed E-state index contributed by atoms with van der Waals surface area (Å²) in [5, 5.41) is 9.93. The highest BCUT2D eigenvalue weighted by Gasteiger charge is 2.33. The second-order valence-corrected chi connectivity index (χ2v) is 5.55. The third-order valence-corrected chi connectivity index (χ3v) is 4.00. The van der Waals surface area contributed by atoms with Crippen molar-refractivity contribution >= 4 is 5.78 Å². The lowest BCUT2D eigenvalue weighted by molar-refractivity contribution is -0.0412. The lowest BCUT2D eigenvalue weighted by Crippen LogP contribution is -2.41. The number of phenols is 1. The number of carbonyl (C=O) groups excluding carboxylic acids is 1. The van der Waals surface area contributed by atoms with Crippen LogP contribution in [0, 0.1) is 0 Å². The average Bonchev–Trinajstić information content (AvgIpc) is 2.71. The number of benzene rings is 1. The minimum absolute atomic E-state index is 0.0308. The largest absolute Gasteiger partial charge is 0.508 e. The molecule has 4 heteroatoms. The Balaban J connectivity index is 1.75.